The van der Waals surface area contributed by atoms with Gasteiger partial charge in [0.15, 0.2) is 11.5 Å². The fraction of sp³-hybridized carbons (Fsp3) is 0.444. The van der Waals surface area contributed by atoms with E-state index in [1.807, 2.05) is 0 Å². The maximum atomic E-state index is 15.4. The second kappa shape index (κ2) is 18.0. The second-order valence-corrected chi connectivity index (χ2v) is 14.2. The summed E-state index contributed by atoms with van der Waals surface area (Å²) in [6.07, 6.45) is -5.22. The van der Waals surface area contributed by atoms with E-state index in [1.54, 1.807) is 68.6 Å². The van der Waals surface area contributed by atoms with Crippen LogP contribution in [-0.2, 0) is 25.4 Å². The largest absolute Gasteiger partial charge is 0.454 e. The summed E-state index contributed by atoms with van der Waals surface area (Å²) < 4.78 is 80.3. The van der Waals surface area contributed by atoms with Crippen molar-refractivity contribution in [3.63, 3.8) is 0 Å². The van der Waals surface area contributed by atoms with Crippen LogP contribution in [0.15, 0.2) is 60.0 Å². The summed E-state index contributed by atoms with van der Waals surface area (Å²) in [5.41, 5.74) is 9.84. The smallest absolute Gasteiger partial charge is 0.410 e. The molecule has 56 heavy (non-hydrogen) atoms. The van der Waals surface area contributed by atoms with E-state index in [0.29, 0.717) is 27.6 Å². The van der Waals surface area contributed by atoms with Gasteiger partial charge in [0.05, 0.1) is 43.4 Å². The molecule has 5 rings (SSSR count). The molecule has 3 aromatic rings. The first-order valence-electron chi connectivity index (χ1n) is 17.2. The van der Waals surface area contributed by atoms with Crippen LogP contribution < -0.4 is 20.1 Å². The molecule has 0 aliphatic carbocycles. The van der Waals surface area contributed by atoms with Crippen molar-refractivity contribution in [2.75, 3.05) is 38.4 Å². The number of carbonyl (C=O) groups is 3. The van der Waals surface area contributed by atoms with E-state index >= 15 is 4.39 Å². The third-order valence-electron chi connectivity index (χ3n) is 8.56. The van der Waals surface area contributed by atoms with Crippen LogP contribution in [0.1, 0.15) is 49.8 Å². The first-order valence-corrected chi connectivity index (χ1v) is 17.6. The fourth-order valence-electron chi connectivity index (χ4n) is 6.01. The predicted octanol–water partition coefficient (Wildman–Crippen LogP) is 7.28. The van der Waals surface area contributed by atoms with Crippen LogP contribution in [0.25, 0.3) is 10.4 Å². The number of azide groups is 1. The molecular weight excluding hydrogens is 770 g/mol. The number of benzene rings is 2. The quantitative estimate of drug-likeness (QED) is 0.0821. The lowest BCUT2D eigenvalue weighted by atomic mass is 9.84. The molecule has 0 spiro atoms. The summed E-state index contributed by atoms with van der Waals surface area (Å²) in [6, 6.07) is 9.35. The zero-order chi connectivity index (χ0) is 40.6. The number of alkyl halides is 3. The third kappa shape index (κ3) is 11.3. The van der Waals surface area contributed by atoms with Gasteiger partial charge in [-0.15, -0.1) is 0 Å². The molecule has 2 aliphatic heterocycles. The number of nitrogens with zero attached hydrogens (tertiary/aromatic N) is 5. The van der Waals surface area contributed by atoms with Gasteiger partial charge in [-0.1, -0.05) is 34.9 Å². The summed E-state index contributed by atoms with van der Waals surface area (Å²) in [7, 11) is 0. The maximum Gasteiger partial charge on any atom is 0.410 e. The van der Waals surface area contributed by atoms with Crippen molar-refractivity contribution in [3.8, 4) is 11.5 Å². The van der Waals surface area contributed by atoms with Crippen molar-refractivity contribution in [1.82, 2.24) is 15.2 Å². The van der Waals surface area contributed by atoms with Crippen LogP contribution in [0.5, 0.6) is 11.5 Å². The van der Waals surface area contributed by atoms with Crippen LogP contribution >= 0.6 is 11.6 Å². The van der Waals surface area contributed by atoms with Crippen molar-refractivity contribution in [3.05, 3.63) is 92.8 Å². The van der Waals surface area contributed by atoms with Gasteiger partial charge < -0.3 is 34.3 Å². The average Bonchev–Trinajstić information content (AvgIpc) is 3.61. The topological polar surface area (TPSA) is 186 Å². The lowest BCUT2D eigenvalue weighted by Crippen LogP contribution is -2.55. The standard InChI is InChI=1S/C36H38ClF4N7O8/c1-35(2,3)56-34(51)48-15-24(52-16-23(48)17-53-33(50)44-18-36(39,40)41)9-10-25-26(38)13-43-14-27(25)45-32(49)31(46-47-42)30(20-4-7-22(37)8-5-20)21-6-11-28-29(12-21)55-19-54-28/h4-8,11-14,23-24,30-31H,9-10,15-19H2,1-3H3,(H,44,50)(H,45,49)/t23-,24+,30-,31?/m0/s1. The number of pyridine rings is 1. The Morgan fingerprint density at radius 2 is 1.80 bits per heavy atom. The van der Waals surface area contributed by atoms with Crippen LogP contribution in [0.4, 0.5) is 32.8 Å². The van der Waals surface area contributed by atoms with Gasteiger partial charge in [0.25, 0.3) is 0 Å². The highest BCUT2D eigenvalue weighted by Crippen LogP contribution is 2.39. The van der Waals surface area contributed by atoms with E-state index in [2.05, 4.69) is 20.3 Å². The van der Waals surface area contributed by atoms with Gasteiger partial charge in [-0.3, -0.25) is 14.7 Å². The van der Waals surface area contributed by atoms with E-state index in [9.17, 15) is 33.1 Å². The number of hydrogen-bond donors (Lipinski definition) is 2. The molecule has 4 atom stereocenters. The Morgan fingerprint density at radius 1 is 1.09 bits per heavy atom. The van der Waals surface area contributed by atoms with Gasteiger partial charge in [0, 0.05) is 21.4 Å². The van der Waals surface area contributed by atoms with Crippen LogP contribution in [0.2, 0.25) is 5.02 Å². The summed E-state index contributed by atoms with van der Waals surface area (Å²) in [5, 5.41) is 8.56. The van der Waals surface area contributed by atoms with Crippen molar-refractivity contribution in [2.45, 2.75) is 69.5 Å². The molecule has 2 aliphatic rings. The zero-order valence-electron chi connectivity index (χ0n) is 30.3. The monoisotopic (exact) mass is 807 g/mol. The third-order valence-corrected chi connectivity index (χ3v) is 8.81. The SMILES string of the molecule is CC(C)(C)OC(=O)N1C[C@@H](CCc2c(F)cncc2NC(=O)C(N=[N+]=[N-])[C@@H](c2ccc(Cl)cc2)c2ccc3c(c2)OCO3)OC[C@H]1COC(=O)NCC(F)(F)F. The predicted molar refractivity (Wildman–Crippen MR) is 192 cm³/mol. The molecule has 0 saturated carbocycles. The lowest BCUT2D eigenvalue weighted by molar-refractivity contribution is -0.124. The number of morpholine rings is 1. The van der Waals surface area contributed by atoms with Gasteiger partial charge in [-0.2, -0.15) is 13.2 Å². The Labute approximate surface area is 323 Å². The van der Waals surface area contributed by atoms with E-state index in [1.165, 1.54) is 11.1 Å². The Hall–Kier alpha value is -5.52. The lowest BCUT2D eigenvalue weighted by Gasteiger charge is -2.39. The number of aromatic nitrogens is 1. The number of rotatable bonds is 12. The molecule has 300 valence electrons. The van der Waals surface area contributed by atoms with Crippen LogP contribution in [0.3, 0.4) is 0 Å². The van der Waals surface area contributed by atoms with Gasteiger partial charge in [-0.05, 0) is 74.5 Å². The van der Waals surface area contributed by atoms with Crippen molar-refractivity contribution >= 4 is 35.4 Å². The number of anilines is 1. The Kier molecular flexibility index (Phi) is 13.4. The molecule has 2 N–H and O–H groups in total. The molecule has 0 bridgehead atoms. The number of hydrogen-bond acceptors (Lipinski definition) is 10. The summed E-state index contributed by atoms with van der Waals surface area (Å²) >= 11 is 6.15. The van der Waals surface area contributed by atoms with E-state index in [-0.39, 0.29) is 44.0 Å². The maximum absolute atomic E-state index is 15.4. The highest BCUT2D eigenvalue weighted by molar-refractivity contribution is 6.30. The first kappa shape index (κ1) is 41.6. The zero-order valence-corrected chi connectivity index (χ0v) is 31.1. The molecule has 0 radical (unpaired) electrons. The van der Waals surface area contributed by atoms with Gasteiger partial charge in [-0.25, -0.2) is 14.0 Å². The highest BCUT2D eigenvalue weighted by atomic mass is 35.5. The van der Waals surface area contributed by atoms with Gasteiger partial charge in [0.2, 0.25) is 12.7 Å². The molecule has 20 heteroatoms. The van der Waals surface area contributed by atoms with Gasteiger partial charge >= 0.3 is 18.4 Å². The molecule has 1 saturated heterocycles. The Morgan fingerprint density at radius 3 is 2.50 bits per heavy atom. The summed E-state index contributed by atoms with van der Waals surface area (Å²) in [5.74, 6) is -1.47. The van der Waals surface area contributed by atoms with Crippen molar-refractivity contribution in [1.29, 1.82) is 0 Å². The number of alkyl carbamates (subject to hydrolysis) is 1. The molecule has 1 fully saturated rings. The molecular formula is C36H38ClF4N7O8. The number of carbonyl (C=O) groups excluding carboxylic acids is 3. The summed E-state index contributed by atoms with van der Waals surface area (Å²) in [6.45, 7) is 2.51. The molecule has 3 amide bonds. The number of fused-ring (bicyclic) bond motifs is 1. The fourth-order valence-corrected chi connectivity index (χ4v) is 6.13. The molecule has 3 heterocycles. The summed E-state index contributed by atoms with van der Waals surface area (Å²) in [4.78, 5) is 47.2. The molecule has 1 unspecified atom stereocenters. The minimum atomic E-state index is -4.65. The van der Waals surface area contributed by atoms with Crippen molar-refractivity contribution < 1.29 is 55.6 Å². The van der Waals surface area contributed by atoms with E-state index in [0.717, 1.165) is 6.20 Å². The molecule has 2 aromatic carbocycles. The number of amides is 3. The highest BCUT2D eigenvalue weighted by Gasteiger charge is 2.37. The normalized spacial score (nSPS) is 17.6. The van der Waals surface area contributed by atoms with E-state index < -0.39 is 72.9 Å². The van der Waals surface area contributed by atoms with Crippen LogP contribution in [-0.4, -0.2) is 91.0 Å². The Bertz CT molecular complexity index is 1940. The number of nitrogens with one attached hydrogen (secondary N) is 2. The number of ether oxygens (including phenoxy) is 5. The molecule has 15 nitrogen and oxygen atoms in total. The minimum Gasteiger partial charge on any atom is -0.454 e. The van der Waals surface area contributed by atoms with Crippen LogP contribution in [0, 0.1) is 5.82 Å². The van der Waals surface area contributed by atoms with Crippen molar-refractivity contribution in [2.24, 2.45) is 5.11 Å². The molecule has 1 aromatic heterocycles. The Balaban J connectivity index is 1.32. The van der Waals surface area contributed by atoms with Gasteiger partial charge in [0.1, 0.15) is 30.6 Å². The minimum absolute atomic E-state index is 0.00696. The van der Waals surface area contributed by atoms with E-state index in [4.69, 9.17) is 35.3 Å². The second-order valence-electron chi connectivity index (χ2n) is 13.8. The average molecular weight is 808 g/mol. The first-order chi connectivity index (χ1) is 26.5. The number of halogens is 5.